The molecule has 0 saturated carbocycles. The SMILES string of the molecule is OCCc1cnn(Cc2ccc(Cl)c(Cl)c2)c1. The number of halogens is 2. The molecule has 0 aliphatic rings. The van der Waals surface area contributed by atoms with Gasteiger partial charge in [-0.25, -0.2) is 0 Å². The Kier molecular flexibility index (Phi) is 4.05. The van der Waals surface area contributed by atoms with Crippen LogP contribution in [-0.2, 0) is 13.0 Å². The van der Waals surface area contributed by atoms with Crippen molar-refractivity contribution >= 4 is 23.2 Å². The van der Waals surface area contributed by atoms with Crippen molar-refractivity contribution in [2.75, 3.05) is 6.61 Å². The highest BCUT2D eigenvalue weighted by molar-refractivity contribution is 6.42. The van der Waals surface area contributed by atoms with E-state index in [-0.39, 0.29) is 6.61 Å². The van der Waals surface area contributed by atoms with Crippen molar-refractivity contribution in [1.82, 2.24) is 9.78 Å². The average molecular weight is 271 g/mol. The van der Waals surface area contributed by atoms with Gasteiger partial charge in [-0.15, -0.1) is 0 Å². The summed E-state index contributed by atoms with van der Waals surface area (Å²) in [7, 11) is 0. The first kappa shape index (κ1) is 12.4. The molecule has 0 unspecified atom stereocenters. The standard InChI is InChI=1S/C12H12Cl2N2O/c13-11-2-1-9(5-12(11)14)7-16-8-10(3-4-17)6-15-16/h1-2,5-6,8,17H,3-4,7H2. The number of nitrogens with zero attached hydrogens (tertiary/aromatic N) is 2. The van der Waals surface area contributed by atoms with Gasteiger partial charge in [-0.1, -0.05) is 29.3 Å². The van der Waals surface area contributed by atoms with E-state index in [0.717, 1.165) is 11.1 Å². The third-order valence-corrected chi connectivity index (χ3v) is 3.15. The summed E-state index contributed by atoms with van der Waals surface area (Å²) in [6.07, 6.45) is 4.30. The minimum atomic E-state index is 0.137. The molecule has 17 heavy (non-hydrogen) atoms. The van der Waals surface area contributed by atoms with E-state index in [1.54, 1.807) is 12.3 Å². The lowest BCUT2D eigenvalue weighted by atomic mass is 10.2. The van der Waals surface area contributed by atoms with Crippen molar-refractivity contribution in [2.45, 2.75) is 13.0 Å². The maximum Gasteiger partial charge on any atom is 0.0660 e. The fraction of sp³-hybridized carbons (Fsp3) is 0.250. The lowest BCUT2D eigenvalue weighted by molar-refractivity contribution is 0.299. The minimum Gasteiger partial charge on any atom is -0.396 e. The molecule has 0 bridgehead atoms. The van der Waals surface area contributed by atoms with Crippen molar-refractivity contribution in [3.63, 3.8) is 0 Å². The molecule has 0 atom stereocenters. The number of hydrogen-bond acceptors (Lipinski definition) is 2. The molecule has 0 aliphatic carbocycles. The van der Waals surface area contributed by atoms with E-state index in [0.29, 0.717) is 23.0 Å². The van der Waals surface area contributed by atoms with Gasteiger partial charge in [0.05, 0.1) is 22.8 Å². The highest BCUT2D eigenvalue weighted by Crippen LogP contribution is 2.22. The van der Waals surface area contributed by atoms with Crippen LogP contribution in [0.15, 0.2) is 30.6 Å². The Labute approximate surface area is 110 Å². The highest BCUT2D eigenvalue weighted by atomic mass is 35.5. The molecule has 1 heterocycles. The quantitative estimate of drug-likeness (QED) is 0.928. The third-order valence-electron chi connectivity index (χ3n) is 2.42. The Hall–Kier alpha value is -1.03. The van der Waals surface area contributed by atoms with E-state index in [1.165, 1.54) is 0 Å². The van der Waals surface area contributed by atoms with Gasteiger partial charge in [0.1, 0.15) is 0 Å². The maximum absolute atomic E-state index is 8.82. The smallest absolute Gasteiger partial charge is 0.0660 e. The molecule has 0 fully saturated rings. The summed E-state index contributed by atoms with van der Waals surface area (Å²) in [4.78, 5) is 0. The largest absolute Gasteiger partial charge is 0.396 e. The van der Waals surface area contributed by atoms with Crippen LogP contribution < -0.4 is 0 Å². The molecule has 1 N–H and O–H groups in total. The van der Waals surface area contributed by atoms with Crippen LogP contribution in [-0.4, -0.2) is 21.5 Å². The van der Waals surface area contributed by atoms with Crippen LogP contribution >= 0.6 is 23.2 Å². The average Bonchev–Trinajstić information content (AvgIpc) is 2.72. The summed E-state index contributed by atoms with van der Waals surface area (Å²) < 4.78 is 1.81. The molecule has 0 aliphatic heterocycles. The van der Waals surface area contributed by atoms with Crippen LogP contribution in [0.2, 0.25) is 10.0 Å². The molecule has 3 nitrogen and oxygen atoms in total. The number of aliphatic hydroxyl groups is 1. The van der Waals surface area contributed by atoms with Crippen molar-refractivity contribution in [2.24, 2.45) is 0 Å². The molecule has 5 heteroatoms. The first-order valence-corrected chi connectivity index (χ1v) is 6.01. The van der Waals surface area contributed by atoms with Gasteiger partial charge in [0.25, 0.3) is 0 Å². The number of benzene rings is 1. The summed E-state index contributed by atoms with van der Waals surface area (Å²) in [5.41, 5.74) is 2.06. The number of aliphatic hydroxyl groups excluding tert-OH is 1. The van der Waals surface area contributed by atoms with Gasteiger partial charge in [0.15, 0.2) is 0 Å². The molecule has 90 valence electrons. The Balaban J connectivity index is 2.11. The zero-order valence-electron chi connectivity index (χ0n) is 9.11. The van der Waals surface area contributed by atoms with E-state index in [1.807, 2.05) is 23.0 Å². The predicted molar refractivity (Wildman–Crippen MR) is 68.6 cm³/mol. The Morgan fingerprint density at radius 2 is 2.00 bits per heavy atom. The molecule has 0 radical (unpaired) electrons. The number of hydrogen-bond donors (Lipinski definition) is 1. The van der Waals surface area contributed by atoms with Crippen molar-refractivity contribution in [3.05, 3.63) is 51.8 Å². The number of aromatic nitrogens is 2. The highest BCUT2D eigenvalue weighted by Gasteiger charge is 2.02. The first-order chi connectivity index (χ1) is 8.19. The summed E-state index contributed by atoms with van der Waals surface area (Å²) in [5, 5.41) is 14.1. The van der Waals surface area contributed by atoms with Gasteiger partial charge in [0.2, 0.25) is 0 Å². The molecule has 2 rings (SSSR count). The zero-order chi connectivity index (χ0) is 12.3. The molecule has 0 saturated heterocycles. The lowest BCUT2D eigenvalue weighted by Gasteiger charge is -2.03. The molecular weight excluding hydrogens is 259 g/mol. The van der Waals surface area contributed by atoms with Crippen LogP contribution in [0.5, 0.6) is 0 Å². The van der Waals surface area contributed by atoms with Crippen LogP contribution in [0.25, 0.3) is 0 Å². The second-order valence-electron chi connectivity index (χ2n) is 3.77. The van der Waals surface area contributed by atoms with Crippen LogP contribution in [0.4, 0.5) is 0 Å². The van der Waals surface area contributed by atoms with Gasteiger partial charge < -0.3 is 5.11 Å². The normalized spacial score (nSPS) is 10.8. The molecule has 0 amide bonds. The molecular formula is C12H12Cl2N2O. The second-order valence-corrected chi connectivity index (χ2v) is 4.58. The van der Waals surface area contributed by atoms with Crippen molar-refractivity contribution in [1.29, 1.82) is 0 Å². The minimum absolute atomic E-state index is 0.137. The lowest BCUT2D eigenvalue weighted by Crippen LogP contribution is -1.99. The van der Waals surface area contributed by atoms with Crippen LogP contribution in [0.1, 0.15) is 11.1 Å². The summed E-state index contributed by atoms with van der Waals surface area (Å²) in [5.74, 6) is 0. The monoisotopic (exact) mass is 270 g/mol. The van der Waals surface area contributed by atoms with Gasteiger partial charge >= 0.3 is 0 Å². The first-order valence-electron chi connectivity index (χ1n) is 5.25. The topological polar surface area (TPSA) is 38.1 Å². The van der Waals surface area contributed by atoms with E-state index < -0.39 is 0 Å². The van der Waals surface area contributed by atoms with Crippen molar-refractivity contribution < 1.29 is 5.11 Å². The maximum atomic E-state index is 8.82. The summed E-state index contributed by atoms with van der Waals surface area (Å²) >= 11 is 11.8. The molecule has 0 spiro atoms. The van der Waals surface area contributed by atoms with E-state index in [9.17, 15) is 0 Å². The fourth-order valence-electron chi connectivity index (χ4n) is 1.58. The predicted octanol–water partition coefficient (Wildman–Crippen LogP) is 2.77. The zero-order valence-corrected chi connectivity index (χ0v) is 10.6. The molecule has 1 aromatic carbocycles. The van der Waals surface area contributed by atoms with E-state index in [4.69, 9.17) is 28.3 Å². The van der Waals surface area contributed by atoms with Crippen molar-refractivity contribution in [3.8, 4) is 0 Å². The van der Waals surface area contributed by atoms with Gasteiger partial charge in [-0.05, 0) is 29.7 Å². The Morgan fingerprint density at radius 1 is 1.18 bits per heavy atom. The van der Waals surface area contributed by atoms with Gasteiger partial charge in [0, 0.05) is 12.8 Å². The third kappa shape index (κ3) is 3.22. The Morgan fingerprint density at radius 3 is 2.71 bits per heavy atom. The summed E-state index contributed by atoms with van der Waals surface area (Å²) in [6.45, 7) is 0.779. The van der Waals surface area contributed by atoms with Gasteiger partial charge in [-0.2, -0.15) is 5.10 Å². The molecule has 2 aromatic rings. The van der Waals surface area contributed by atoms with Gasteiger partial charge in [-0.3, -0.25) is 4.68 Å². The van der Waals surface area contributed by atoms with E-state index in [2.05, 4.69) is 5.10 Å². The number of rotatable bonds is 4. The summed E-state index contributed by atoms with van der Waals surface area (Å²) in [6, 6.07) is 5.52. The second kappa shape index (κ2) is 5.54. The van der Waals surface area contributed by atoms with Crippen LogP contribution in [0, 0.1) is 0 Å². The Bertz CT molecular complexity index is 511. The van der Waals surface area contributed by atoms with Crippen LogP contribution in [0.3, 0.4) is 0 Å². The van der Waals surface area contributed by atoms with E-state index >= 15 is 0 Å². The molecule has 1 aromatic heterocycles. The fourth-order valence-corrected chi connectivity index (χ4v) is 1.90.